The summed E-state index contributed by atoms with van der Waals surface area (Å²) in [6, 6.07) is 4.76. The first kappa shape index (κ1) is 21.5. The van der Waals surface area contributed by atoms with E-state index in [4.69, 9.17) is 4.74 Å². The Bertz CT molecular complexity index is 811. The van der Waals surface area contributed by atoms with Crippen molar-refractivity contribution in [2.75, 3.05) is 26.7 Å². The molecule has 28 heavy (non-hydrogen) atoms. The fraction of sp³-hybridized carbons (Fsp3) is 0.500. The van der Waals surface area contributed by atoms with Gasteiger partial charge in [-0.1, -0.05) is 0 Å². The average Bonchev–Trinajstić information content (AvgIpc) is 3.00. The van der Waals surface area contributed by atoms with Crippen LogP contribution in [0.1, 0.15) is 32.8 Å². The van der Waals surface area contributed by atoms with Gasteiger partial charge in [0, 0.05) is 43.8 Å². The monoisotopic (exact) mass is 391 g/mol. The zero-order valence-electron chi connectivity index (χ0n) is 17.0. The van der Waals surface area contributed by atoms with E-state index >= 15 is 0 Å². The molecule has 2 rings (SSSR count). The molecule has 0 aliphatic carbocycles. The van der Waals surface area contributed by atoms with Gasteiger partial charge < -0.3 is 25.7 Å². The lowest BCUT2D eigenvalue weighted by Crippen LogP contribution is -2.40. The Morgan fingerprint density at radius 1 is 1.18 bits per heavy atom. The van der Waals surface area contributed by atoms with Gasteiger partial charge in [-0.25, -0.2) is 9.18 Å². The first-order valence-electron chi connectivity index (χ1n) is 9.45. The third-order valence-corrected chi connectivity index (χ3v) is 3.95. The van der Waals surface area contributed by atoms with Crippen LogP contribution in [0.4, 0.5) is 9.18 Å². The number of ether oxygens (including phenoxy) is 1. The van der Waals surface area contributed by atoms with Crippen molar-refractivity contribution in [3.8, 4) is 0 Å². The van der Waals surface area contributed by atoms with Gasteiger partial charge in [0.05, 0.1) is 0 Å². The largest absolute Gasteiger partial charge is 0.444 e. The van der Waals surface area contributed by atoms with Crippen LogP contribution in [0.15, 0.2) is 29.4 Å². The second-order valence-corrected chi connectivity index (χ2v) is 7.46. The summed E-state index contributed by atoms with van der Waals surface area (Å²) in [7, 11) is 1.71. The Labute approximate surface area is 165 Å². The van der Waals surface area contributed by atoms with Gasteiger partial charge in [-0.05, 0) is 57.4 Å². The summed E-state index contributed by atoms with van der Waals surface area (Å²) in [5.41, 5.74) is 1.43. The maximum atomic E-state index is 13.3. The standard InChI is InChI=1S/C20H30FN5O2/c1-20(2,3)28-19(27)25-10-5-9-23-18(22-4)24-11-8-14-13-26-17-12-15(21)6-7-16(14)17/h6-7,12-13,26H,5,8-11H2,1-4H3,(H,25,27)(H2,22,23,24). The molecule has 0 spiro atoms. The molecular weight excluding hydrogens is 361 g/mol. The molecule has 0 atom stereocenters. The molecule has 1 aromatic heterocycles. The fourth-order valence-electron chi connectivity index (χ4n) is 2.70. The number of aromatic amines is 1. The van der Waals surface area contributed by atoms with Crippen LogP contribution in [0.5, 0.6) is 0 Å². The smallest absolute Gasteiger partial charge is 0.407 e. The Morgan fingerprint density at radius 2 is 1.89 bits per heavy atom. The third kappa shape index (κ3) is 7.09. The van der Waals surface area contributed by atoms with Crippen LogP contribution in [0.3, 0.4) is 0 Å². The van der Waals surface area contributed by atoms with E-state index in [0.717, 1.165) is 29.3 Å². The van der Waals surface area contributed by atoms with Crippen molar-refractivity contribution in [3.05, 3.63) is 35.8 Å². The zero-order chi connectivity index (χ0) is 20.6. The molecule has 0 saturated carbocycles. The van der Waals surface area contributed by atoms with Crippen LogP contribution in [0, 0.1) is 5.82 Å². The first-order chi connectivity index (χ1) is 13.3. The number of hydrogen-bond donors (Lipinski definition) is 4. The maximum absolute atomic E-state index is 13.3. The van der Waals surface area contributed by atoms with Crippen molar-refractivity contribution in [1.29, 1.82) is 0 Å². The first-order valence-corrected chi connectivity index (χ1v) is 9.45. The summed E-state index contributed by atoms with van der Waals surface area (Å²) in [5, 5.41) is 10.2. The normalized spacial score (nSPS) is 12.1. The molecule has 1 amide bonds. The molecule has 7 nitrogen and oxygen atoms in total. The Hall–Kier alpha value is -2.77. The highest BCUT2D eigenvalue weighted by molar-refractivity contribution is 5.83. The minimum Gasteiger partial charge on any atom is -0.444 e. The Morgan fingerprint density at radius 3 is 2.61 bits per heavy atom. The maximum Gasteiger partial charge on any atom is 0.407 e. The molecule has 154 valence electrons. The van der Waals surface area contributed by atoms with Gasteiger partial charge in [0.2, 0.25) is 0 Å². The number of carbonyl (C=O) groups excluding carboxylic acids is 1. The van der Waals surface area contributed by atoms with Gasteiger partial charge in [0.15, 0.2) is 5.96 Å². The van der Waals surface area contributed by atoms with Crippen molar-refractivity contribution in [3.63, 3.8) is 0 Å². The second-order valence-electron chi connectivity index (χ2n) is 7.46. The number of benzene rings is 1. The SMILES string of the molecule is CN=C(NCCCNC(=O)OC(C)(C)C)NCCc1c[nH]c2cc(F)ccc12. The van der Waals surface area contributed by atoms with E-state index in [2.05, 4.69) is 25.9 Å². The van der Waals surface area contributed by atoms with E-state index < -0.39 is 11.7 Å². The predicted octanol–water partition coefficient (Wildman–Crippen LogP) is 2.93. The summed E-state index contributed by atoms with van der Waals surface area (Å²) < 4.78 is 18.4. The van der Waals surface area contributed by atoms with Crippen molar-refractivity contribution >= 4 is 23.0 Å². The molecule has 0 unspecified atom stereocenters. The van der Waals surface area contributed by atoms with E-state index in [0.29, 0.717) is 25.6 Å². The van der Waals surface area contributed by atoms with Gasteiger partial charge in [-0.2, -0.15) is 0 Å². The number of nitrogens with zero attached hydrogens (tertiary/aromatic N) is 1. The zero-order valence-corrected chi connectivity index (χ0v) is 17.0. The fourth-order valence-corrected chi connectivity index (χ4v) is 2.70. The number of fused-ring (bicyclic) bond motifs is 1. The second kappa shape index (κ2) is 9.96. The molecule has 1 heterocycles. The number of guanidine groups is 1. The number of rotatable bonds is 7. The van der Waals surface area contributed by atoms with Crippen LogP contribution in [-0.2, 0) is 11.2 Å². The number of H-pyrrole nitrogens is 1. The highest BCUT2D eigenvalue weighted by Crippen LogP contribution is 2.19. The van der Waals surface area contributed by atoms with Crippen LogP contribution < -0.4 is 16.0 Å². The van der Waals surface area contributed by atoms with Gasteiger partial charge in [0.1, 0.15) is 11.4 Å². The topological polar surface area (TPSA) is 90.5 Å². The lowest BCUT2D eigenvalue weighted by atomic mass is 10.1. The number of halogens is 1. The number of amides is 1. The molecule has 4 N–H and O–H groups in total. The van der Waals surface area contributed by atoms with Gasteiger partial charge >= 0.3 is 6.09 Å². The minimum atomic E-state index is -0.493. The summed E-state index contributed by atoms with van der Waals surface area (Å²) >= 11 is 0. The van der Waals surface area contributed by atoms with Crippen LogP contribution >= 0.6 is 0 Å². The van der Waals surface area contributed by atoms with Gasteiger partial charge in [-0.3, -0.25) is 4.99 Å². The molecule has 0 fully saturated rings. The number of alkyl carbamates (subject to hydrolysis) is 1. The quantitative estimate of drug-likeness (QED) is 0.332. The summed E-state index contributed by atoms with van der Waals surface area (Å²) in [6.45, 7) is 7.38. The summed E-state index contributed by atoms with van der Waals surface area (Å²) in [4.78, 5) is 18.8. The van der Waals surface area contributed by atoms with Crippen molar-refractivity contribution in [2.45, 2.75) is 39.2 Å². The lowest BCUT2D eigenvalue weighted by Gasteiger charge is -2.19. The highest BCUT2D eigenvalue weighted by Gasteiger charge is 2.15. The van der Waals surface area contributed by atoms with Crippen molar-refractivity contribution in [2.24, 2.45) is 4.99 Å². The molecule has 1 aromatic carbocycles. The third-order valence-electron chi connectivity index (χ3n) is 3.95. The number of nitrogens with one attached hydrogen (secondary N) is 4. The molecule has 0 aliphatic heterocycles. The van der Waals surface area contributed by atoms with E-state index in [-0.39, 0.29) is 5.82 Å². The number of aliphatic imine (C=N–C) groups is 1. The highest BCUT2D eigenvalue weighted by atomic mass is 19.1. The lowest BCUT2D eigenvalue weighted by molar-refractivity contribution is 0.0527. The van der Waals surface area contributed by atoms with Crippen molar-refractivity contribution < 1.29 is 13.9 Å². The minimum absolute atomic E-state index is 0.246. The number of carbonyl (C=O) groups is 1. The summed E-state index contributed by atoms with van der Waals surface area (Å²) in [6.07, 6.45) is 3.03. The van der Waals surface area contributed by atoms with E-state index in [9.17, 15) is 9.18 Å². The predicted molar refractivity (Wildman–Crippen MR) is 110 cm³/mol. The summed E-state index contributed by atoms with van der Waals surface area (Å²) in [5.74, 6) is 0.452. The average molecular weight is 391 g/mol. The van der Waals surface area contributed by atoms with Crippen molar-refractivity contribution in [1.82, 2.24) is 20.9 Å². The molecular formula is C20H30FN5O2. The van der Waals surface area contributed by atoms with E-state index in [1.165, 1.54) is 12.1 Å². The Kier molecular flexibility index (Phi) is 7.66. The van der Waals surface area contributed by atoms with Gasteiger partial charge in [-0.15, -0.1) is 0 Å². The van der Waals surface area contributed by atoms with Crippen LogP contribution in [0.25, 0.3) is 10.9 Å². The number of aromatic nitrogens is 1. The van der Waals surface area contributed by atoms with Crippen LogP contribution in [-0.4, -0.2) is 49.3 Å². The van der Waals surface area contributed by atoms with E-state index in [1.807, 2.05) is 27.0 Å². The van der Waals surface area contributed by atoms with Crippen LogP contribution in [0.2, 0.25) is 0 Å². The molecule has 0 aliphatic rings. The molecule has 0 saturated heterocycles. The molecule has 2 aromatic rings. The number of hydrogen-bond acceptors (Lipinski definition) is 3. The Balaban J connectivity index is 1.65. The van der Waals surface area contributed by atoms with Gasteiger partial charge in [0.25, 0.3) is 0 Å². The molecule has 0 bridgehead atoms. The molecule has 8 heteroatoms. The molecule has 0 radical (unpaired) electrons. The van der Waals surface area contributed by atoms with E-state index in [1.54, 1.807) is 13.1 Å².